The lowest BCUT2D eigenvalue weighted by atomic mass is 10.2. The van der Waals surface area contributed by atoms with E-state index in [4.69, 9.17) is 10.5 Å². The number of nitrogen functional groups attached to an aromatic ring is 1. The Kier molecular flexibility index (Phi) is 5.00. The zero-order valence-corrected chi connectivity index (χ0v) is 15.8. The largest absolute Gasteiger partial charge is 0.416 e. The van der Waals surface area contributed by atoms with Gasteiger partial charge in [-0.1, -0.05) is 12.1 Å². The molecule has 0 saturated heterocycles. The highest BCUT2D eigenvalue weighted by atomic mass is 19.4. The SMILES string of the molecule is COCc1nc2ccccc2n1-c1nc(N)cc(Nc2ccc(C(F)(F)F)cc2)n1. The Labute approximate surface area is 169 Å². The molecule has 30 heavy (non-hydrogen) atoms. The van der Waals surface area contributed by atoms with Gasteiger partial charge in [-0.2, -0.15) is 23.1 Å². The second-order valence-corrected chi connectivity index (χ2v) is 6.46. The van der Waals surface area contributed by atoms with Crippen molar-refractivity contribution in [2.24, 2.45) is 0 Å². The number of para-hydroxylation sites is 2. The molecule has 4 rings (SSSR count). The number of aromatic nitrogens is 4. The maximum atomic E-state index is 12.8. The number of halogens is 3. The minimum atomic E-state index is -4.40. The summed E-state index contributed by atoms with van der Waals surface area (Å²) in [6, 6.07) is 13.6. The molecule has 0 amide bonds. The Bertz CT molecular complexity index is 1190. The van der Waals surface area contributed by atoms with E-state index >= 15 is 0 Å². The molecular formula is C20H17F3N6O. The molecule has 0 unspecified atom stereocenters. The van der Waals surface area contributed by atoms with Gasteiger partial charge in [0.1, 0.15) is 24.1 Å². The van der Waals surface area contributed by atoms with E-state index < -0.39 is 11.7 Å². The number of fused-ring (bicyclic) bond motifs is 1. The first-order valence-corrected chi connectivity index (χ1v) is 8.89. The first-order chi connectivity index (χ1) is 14.3. The lowest BCUT2D eigenvalue weighted by Gasteiger charge is -2.12. The fourth-order valence-corrected chi connectivity index (χ4v) is 3.03. The summed E-state index contributed by atoms with van der Waals surface area (Å²) in [5.41, 5.74) is 7.18. The Balaban J connectivity index is 1.73. The average Bonchev–Trinajstić information content (AvgIpc) is 3.05. The third kappa shape index (κ3) is 3.90. The number of methoxy groups -OCH3 is 1. The molecule has 154 valence electrons. The molecular weight excluding hydrogens is 397 g/mol. The van der Waals surface area contributed by atoms with Crippen LogP contribution in [0, 0.1) is 0 Å². The van der Waals surface area contributed by atoms with Crippen LogP contribution in [-0.4, -0.2) is 26.6 Å². The van der Waals surface area contributed by atoms with Gasteiger partial charge in [0.05, 0.1) is 16.6 Å². The van der Waals surface area contributed by atoms with Crippen molar-refractivity contribution in [3.8, 4) is 5.95 Å². The first kappa shape index (κ1) is 19.6. The monoisotopic (exact) mass is 414 g/mol. The molecule has 7 nitrogen and oxygen atoms in total. The van der Waals surface area contributed by atoms with Gasteiger partial charge in [-0.3, -0.25) is 4.57 Å². The second kappa shape index (κ2) is 7.64. The number of nitrogens with two attached hydrogens (primary N) is 1. The van der Waals surface area contributed by atoms with Crippen molar-refractivity contribution in [2.45, 2.75) is 12.8 Å². The first-order valence-electron chi connectivity index (χ1n) is 8.89. The molecule has 0 saturated carbocycles. The highest BCUT2D eigenvalue weighted by Gasteiger charge is 2.30. The number of rotatable bonds is 5. The number of hydrogen-bond donors (Lipinski definition) is 2. The zero-order chi connectivity index (χ0) is 21.3. The van der Waals surface area contributed by atoms with E-state index in [0.29, 0.717) is 17.3 Å². The number of imidazole rings is 1. The summed E-state index contributed by atoms with van der Waals surface area (Å²) in [4.78, 5) is 13.3. The summed E-state index contributed by atoms with van der Waals surface area (Å²) in [5, 5.41) is 2.96. The van der Waals surface area contributed by atoms with Gasteiger partial charge in [-0.15, -0.1) is 0 Å². The summed E-state index contributed by atoms with van der Waals surface area (Å²) >= 11 is 0. The summed E-state index contributed by atoms with van der Waals surface area (Å²) in [6.07, 6.45) is -4.40. The number of anilines is 3. The highest BCUT2D eigenvalue weighted by molar-refractivity contribution is 5.77. The van der Waals surface area contributed by atoms with Crippen LogP contribution >= 0.6 is 0 Å². The Morgan fingerprint density at radius 1 is 1.03 bits per heavy atom. The molecule has 4 aromatic rings. The predicted molar refractivity (Wildman–Crippen MR) is 107 cm³/mol. The molecule has 0 fully saturated rings. The standard InChI is InChI=1S/C20H17F3N6O/c1-30-11-18-26-14-4-2-3-5-15(14)29(18)19-27-16(24)10-17(28-19)25-13-8-6-12(7-9-13)20(21,22)23/h2-10H,11H2,1H3,(H3,24,25,27,28). The Hall–Kier alpha value is -3.66. The summed E-state index contributed by atoms with van der Waals surface area (Å²) < 4.78 is 45.2. The van der Waals surface area contributed by atoms with Crippen molar-refractivity contribution in [3.05, 3.63) is 66.0 Å². The number of ether oxygens (including phenoxy) is 1. The van der Waals surface area contributed by atoms with E-state index in [1.807, 2.05) is 24.3 Å². The number of nitrogens with zero attached hydrogens (tertiary/aromatic N) is 4. The molecule has 0 radical (unpaired) electrons. The molecule has 0 spiro atoms. The predicted octanol–water partition coefficient (Wildman–Crippen LogP) is 4.31. The van der Waals surface area contributed by atoms with Crippen molar-refractivity contribution < 1.29 is 17.9 Å². The molecule has 2 aromatic heterocycles. The number of benzene rings is 2. The van der Waals surface area contributed by atoms with Crippen molar-refractivity contribution in [3.63, 3.8) is 0 Å². The van der Waals surface area contributed by atoms with Gasteiger partial charge < -0.3 is 15.8 Å². The van der Waals surface area contributed by atoms with Gasteiger partial charge in [0.25, 0.3) is 0 Å². The van der Waals surface area contributed by atoms with Crippen molar-refractivity contribution in [1.29, 1.82) is 0 Å². The van der Waals surface area contributed by atoms with Gasteiger partial charge in [-0.25, -0.2) is 4.98 Å². The maximum Gasteiger partial charge on any atom is 0.416 e. The summed E-state index contributed by atoms with van der Waals surface area (Å²) in [6.45, 7) is 0.231. The van der Waals surface area contributed by atoms with E-state index in [1.165, 1.54) is 18.2 Å². The molecule has 0 aliphatic heterocycles. The number of alkyl halides is 3. The smallest absolute Gasteiger partial charge is 0.383 e. The molecule has 10 heteroatoms. The summed E-state index contributed by atoms with van der Waals surface area (Å²) in [7, 11) is 1.56. The van der Waals surface area contributed by atoms with E-state index in [0.717, 1.165) is 23.2 Å². The van der Waals surface area contributed by atoms with Crippen LogP contribution in [0.3, 0.4) is 0 Å². The second-order valence-electron chi connectivity index (χ2n) is 6.46. The molecule has 0 aliphatic carbocycles. The minimum Gasteiger partial charge on any atom is -0.383 e. The lowest BCUT2D eigenvalue weighted by Crippen LogP contribution is -2.10. The third-order valence-electron chi connectivity index (χ3n) is 4.32. The van der Waals surface area contributed by atoms with Crippen molar-refractivity contribution in [2.75, 3.05) is 18.2 Å². The molecule has 2 aromatic carbocycles. The van der Waals surface area contributed by atoms with Crippen LogP contribution in [0.4, 0.5) is 30.5 Å². The van der Waals surface area contributed by atoms with E-state index in [2.05, 4.69) is 20.3 Å². The van der Waals surface area contributed by atoms with E-state index in [9.17, 15) is 13.2 Å². The molecule has 0 atom stereocenters. The van der Waals surface area contributed by atoms with Crippen LogP contribution in [0.1, 0.15) is 11.4 Å². The Morgan fingerprint density at radius 3 is 2.47 bits per heavy atom. The van der Waals surface area contributed by atoms with Gasteiger partial charge in [0, 0.05) is 18.9 Å². The highest BCUT2D eigenvalue weighted by Crippen LogP contribution is 2.30. The maximum absolute atomic E-state index is 12.8. The van der Waals surface area contributed by atoms with Crippen LogP contribution in [0.5, 0.6) is 0 Å². The molecule has 0 aliphatic rings. The number of hydrogen-bond acceptors (Lipinski definition) is 6. The van der Waals surface area contributed by atoms with Crippen molar-refractivity contribution in [1.82, 2.24) is 19.5 Å². The van der Waals surface area contributed by atoms with E-state index in [1.54, 1.807) is 11.7 Å². The van der Waals surface area contributed by atoms with Crippen LogP contribution < -0.4 is 11.1 Å². The number of nitrogens with one attached hydrogen (secondary N) is 1. The fourth-order valence-electron chi connectivity index (χ4n) is 3.03. The quantitative estimate of drug-likeness (QED) is 0.506. The normalized spacial score (nSPS) is 11.7. The van der Waals surface area contributed by atoms with Crippen LogP contribution in [0.15, 0.2) is 54.6 Å². The van der Waals surface area contributed by atoms with Crippen molar-refractivity contribution >= 4 is 28.4 Å². The third-order valence-corrected chi connectivity index (χ3v) is 4.32. The average molecular weight is 414 g/mol. The van der Waals surface area contributed by atoms with E-state index in [-0.39, 0.29) is 18.4 Å². The van der Waals surface area contributed by atoms with Crippen LogP contribution in [0.2, 0.25) is 0 Å². The van der Waals surface area contributed by atoms with Gasteiger partial charge in [-0.05, 0) is 36.4 Å². The molecule has 0 bridgehead atoms. The minimum absolute atomic E-state index is 0.190. The van der Waals surface area contributed by atoms with Gasteiger partial charge >= 0.3 is 6.18 Å². The Morgan fingerprint density at radius 2 is 1.77 bits per heavy atom. The fraction of sp³-hybridized carbons (Fsp3) is 0.150. The van der Waals surface area contributed by atoms with Gasteiger partial charge in [0.2, 0.25) is 5.95 Å². The molecule has 2 heterocycles. The summed E-state index contributed by atoms with van der Waals surface area (Å²) in [5.74, 6) is 1.38. The lowest BCUT2D eigenvalue weighted by molar-refractivity contribution is -0.137. The molecule has 3 N–H and O–H groups in total. The van der Waals surface area contributed by atoms with Gasteiger partial charge in [0.15, 0.2) is 0 Å². The topological polar surface area (TPSA) is 90.9 Å². The van der Waals surface area contributed by atoms with Crippen LogP contribution in [0.25, 0.3) is 17.0 Å². The van der Waals surface area contributed by atoms with Crippen LogP contribution in [-0.2, 0) is 17.5 Å². The zero-order valence-electron chi connectivity index (χ0n) is 15.8.